The van der Waals surface area contributed by atoms with Gasteiger partial charge in [0, 0.05) is 36.8 Å². The minimum absolute atomic E-state index is 0.0882. The molecule has 2 rings (SSSR count). The average Bonchev–Trinajstić information content (AvgIpc) is 2.56. The number of halogens is 1. The first kappa shape index (κ1) is 20.4. The molecule has 5 nitrogen and oxygen atoms in total. The molecule has 1 fully saturated rings. The van der Waals surface area contributed by atoms with Crippen LogP contribution in [0.3, 0.4) is 0 Å². The van der Waals surface area contributed by atoms with Crippen LogP contribution in [0, 0.1) is 5.82 Å². The van der Waals surface area contributed by atoms with Gasteiger partial charge < -0.3 is 10.2 Å². The third-order valence-corrected chi connectivity index (χ3v) is 4.79. The van der Waals surface area contributed by atoms with Gasteiger partial charge in [0.05, 0.1) is 6.54 Å². The Balaban J connectivity index is 1.80. The van der Waals surface area contributed by atoms with Gasteiger partial charge in [-0.15, -0.1) is 0 Å². The van der Waals surface area contributed by atoms with Crippen LogP contribution in [0.4, 0.5) is 4.39 Å². The van der Waals surface area contributed by atoms with Crippen molar-refractivity contribution < 1.29 is 14.0 Å². The third-order valence-electron chi connectivity index (χ3n) is 4.79. The summed E-state index contributed by atoms with van der Waals surface area (Å²) in [5.41, 5.74) is 0.466. The molecule has 1 aliphatic heterocycles. The SMILES string of the molecule is CC(C)N(C(=O)CN1CCC(NC(=O)c2ccc(F)cc2)CC1)C(C)C. The zero-order chi connectivity index (χ0) is 19.3. The molecule has 2 amide bonds. The summed E-state index contributed by atoms with van der Waals surface area (Å²) in [5.74, 6) is -0.370. The number of nitrogens with zero attached hydrogens (tertiary/aromatic N) is 2. The fraction of sp³-hybridized carbons (Fsp3) is 0.600. The van der Waals surface area contributed by atoms with Gasteiger partial charge in [0.15, 0.2) is 0 Å². The number of piperidine rings is 1. The fourth-order valence-corrected chi connectivity index (χ4v) is 3.55. The zero-order valence-corrected chi connectivity index (χ0v) is 16.2. The molecule has 1 aliphatic rings. The maximum absolute atomic E-state index is 12.9. The molecule has 0 unspecified atom stereocenters. The van der Waals surface area contributed by atoms with Gasteiger partial charge in [-0.3, -0.25) is 14.5 Å². The summed E-state index contributed by atoms with van der Waals surface area (Å²) in [7, 11) is 0. The van der Waals surface area contributed by atoms with Gasteiger partial charge >= 0.3 is 0 Å². The standard InChI is InChI=1S/C20H30FN3O2/c1-14(2)24(15(3)4)19(25)13-23-11-9-18(10-12-23)22-20(26)16-5-7-17(21)8-6-16/h5-8,14-15,18H,9-13H2,1-4H3,(H,22,26). The number of nitrogens with one attached hydrogen (secondary N) is 1. The van der Waals surface area contributed by atoms with Gasteiger partial charge in [0.2, 0.25) is 5.91 Å². The first-order valence-electron chi connectivity index (χ1n) is 9.38. The van der Waals surface area contributed by atoms with E-state index in [4.69, 9.17) is 0 Å². The number of rotatable bonds is 6. The molecule has 26 heavy (non-hydrogen) atoms. The third kappa shape index (κ3) is 5.53. The number of hydrogen-bond acceptors (Lipinski definition) is 3. The molecular formula is C20H30FN3O2. The molecule has 144 valence electrons. The van der Waals surface area contributed by atoms with E-state index in [1.165, 1.54) is 24.3 Å². The van der Waals surface area contributed by atoms with E-state index in [1.54, 1.807) is 0 Å². The summed E-state index contributed by atoms with van der Waals surface area (Å²) >= 11 is 0. The summed E-state index contributed by atoms with van der Waals surface area (Å²) in [6.45, 7) is 10.1. The van der Waals surface area contributed by atoms with Crippen molar-refractivity contribution in [3.8, 4) is 0 Å². The molecule has 1 N–H and O–H groups in total. The molecule has 1 saturated heterocycles. The number of likely N-dealkylation sites (tertiary alicyclic amines) is 1. The van der Waals surface area contributed by atoms with E-state index in [9.17, 15) is 14.0 Å². The maximum Gasteiger partial charge on any atom is 0.251 e. The highest BCUT2D eigenvalue weighted by atomic mass is 19.1. The maximum atomic E-state index is 12.9. The van der Waals surface area contributed by atoms with Crippen LogP contribution in [-0.2, 0) is 4.79 Å². The van der Waals surface area contributed by atoms with E-state index < -0.39 is 0 Å². The summed E-state index contributed by atoms with van der Waals surface area (Å²) in [5, 5.41) is 3.00. The summed E-state index contributed by atoms with van der Waals surface area (Å²) < 4.78 is 12.9. The number of carbonyl (C=O) groups excluding carboxylic acids is 2. The van der Waals surface area contributed by atoms with Crippen LogP contribution in [0.25, 0.3) is 0 Å². The van der Waals surface area contributed by atoms with Crippen molar-refractivity contribution in [2.75, 3.05) is 19.6 Å². The van der Waals surface area contributed by atoms with Gasteiger partial charge in [0.1, 0.15) is 5.82 Å². The molecule has 1 heterocycles. The first-order chi connectivity index (χ1) is 12.3. The van der Waals surface area contributed by atoms with Gasteiger partial charge in [-0.2, -0.15) is 0 Å². The molecule has 0 saturated carbocycles. The van der Waals surface area contributed by atoms with Crippen LogP contribution in [0.2, 0.25) is 0 Å². The largest absolute Gasteiger partial charge is 0.349 e. The second-order valence-corrected chi connectivity index (χ2v) is 7.52. The van der Waals surface area contributed by atoms with Gasteiger partial charge in [-0.05, 0) is 64.8 Å². The Morgan fingerprint density at radius 2 is 1.65 bits per heavy atom. The number of carbonyl (C=O) groups is 2. The monoisotopic (exact) mass is 363 g/mol. The highest BCUT2D eigenvalue weighted by Gasteiger charge is 2.26. The van der Waals surface area contributed by atoms with Crippen LogP contribution < -0.4 is 5.32 Å². The predicted octanol–water partition coefficient (Wildman–Crippen LogP) is 2.67. The Morgan fingerprint density at radius 3 is 2.15 bits per heavy atom. The van der Waals surface area contributed by atoms with E-state index >= 15 is 0 Å². The zero-order valence-electron chi connectivity index (χ0n) is 16.2. The van der Waals surface area contributed by atoms with Crippen molar-refractivity contribution in [1.29, 1.82) is 0 Å². The lowest BCUT2D eigenvalue weighted by Gasteiger charge is -2.36. The molecule has 1 aromatic carbocycles. The second-order valence-electron chi connectivity index (χ2n) is 7.52. The summed E-state index contributed by atoms with van der Waals surface area (Å²) in [6.07, 6.45) is 1.62. The van der Waals surface area contributed by atoms with Gasteiger partial charge in [0.25, 0.3) is 5.91 Å². The molecule has 6 heteroatoms. The number of amides is 2. The van der Waals surface area contributed by atoms with E-state index in [0.29, 0.717) is 12.1 Å². The molecule has 0 aliphatic carbocycles. The van der Waals surface area contributed by atoms with E-state index in [0.717, 1.165) is 25.9 Å². The first-order valence-corrected chi connectivity index (χ1v) is 9.38. The Labute approximate surface area is 155 Å². The molecule has 0 aromatic heterocycles. The Morgan fingerprint density at radius 1 is 1.12 bits per heavy atom. The van der Waals surface area contributed by atoms with E-state index in [2.05, 4.69) is 10.2 Å². The predicted molar refractivity (Wildman–Crippen MR) is 100 cm³/mol. The number of hydrogen-bond donors (Lipinski definition) is 1. The van der Waals surface area contributed by atoms with Crippen LogP contribution in [0.1, 0.15) is 50.9 Å². The second kappa shape index (κ2) is 9.12. The molecule has 0 radical (unpaired) electrons. The van der Waals surface area contributed by atoms with Crippen LogP contribution >= 0.6 is 0 Å². The molecular weight excluding hydrogens is 333 g/mol. The highest BCUT2D eigenvalue weighted by Crippen LogP contribution is 2.13. The van der Waals surface area contributed by atoms with Crippen LogP contribution in [0.5, 0.6) is 0 Å². The Kier molecular flexibility index (Phi) is 7.14. The molecule has 1 aromatic rings. The Hall–Kier alpha value is -1.95. The quantitative estimate of drug-likeness (QED) is 0.845. The summed E-state index contributed by atoms with van der Waals surface area (Å²) in [6, 6.07) is 6.03. The smallest absolute Gasteiger partial charge is 0.251 e. The van der Waals surface area contributed by atoms with Crippen molar-refractivity contribution in [3.63, 3.8) is 0 Å². The van der Waals surface area contributed by atoms with Crippen LogP contribution in [0.15, 0.2) is 24.3 Å². The average molecular weight is 363 g/mol. The summed E-state index contributed by atoms with van der Waals surface area (Å²) in [4.78, 5) is 28.8. The topological polar surface area (TPSA) is 52.7 Å². The number of benzene rings is 1. The molecule has 0 bridgehead atoms. The van der Waals surface area contributed by atoms with E-state index in [-0.39, 0.29) is 35.8 Å². The van der Waals surface area contributed by atoms with Crippen molar-refractivity contribution in [1.82, 2.24) is 15.1 Å². The lowest BCUT2D eigenvalue weighted by Crippen LogP contribution is -2.50. The lowest BCUT2D eigenvalue weighted by molar-refractivity contribution is -0.136. The van der Waals surface area contributed by atoms with Crippen molar-refractivity contribution in [2.45, 2.75) is 58.7 Å². The normalized spacial score (nSPS) is 16.1. The van der Waals surface area contributed by atoms with Gasteiger partial charge in [-0.25, -0.2) is 4.39 Å². The minimum Gasteiger partial charge on any atom is -0.349 e. The molecule has 0 atom stereocenters. The van der Waals surface area contributed by atoms with Crippen LogP contribution in [-0.4, -0.2) is 59.4 Å². The highest BCUT2D eigenvalue weighted by molar-refractivity contribution is 5.94. The van der Waals surface area contributed by atoms with E-state index in [1.807, 2.05) is 32.6 Å². The molecule has 0 spiro atoms. The fourth-order valence-electron chi connectivity index (χ4n) is 3.55. The Bertz CT molecular complexity index is 600. The van der Waals surface area contributed by atoms with Crippen molar-refractivity contribution in [3.05, 3.63) is 35.6 Å². The van der Waals surface area contributed by atoms with Crippen molar-refractivity contribution >= 4 is 11.8 Å². The van der Waals surface area contributed by atoms with Gasteiger partial charge in [-0.1, -0.05) is 0 Å². The van der Waals surface area contributed by atoms with Crippen molar-refractivity contribution in [2.24, 2.45) is 0 Å². The lowest BCUT2D eigenvalue weighted by atomic mass is 10.0. The minimum atomic E-state index is -0.351.